The van der Waals surface area contributed by atoms with E-state index in [2.05, 4.69) is 5.32 Å². The summed E-state index contributed by atoms with van der Waals surface area (Å²) < 4.78 is 5.00. The molecule has 0 radical (unpaired) electrons. The number of amides is 1. The van der Waals surface area contributed by atoms with Crippen molar-refractivity contribution in [2.75, 3.05) is 13.7 Å². The fourth-order valence-electron chi connectivity index (χ4n) is 1.93. The Hall–Kier alpha value is -1.87. The zero-order chi connectivity index (χ0) is 13.0. The van der Waals surface area contributed by atoms with Gasteiger partial charge in [-0.05, 0) is 29.8 Å². The standard InChI is InChI=1S/C15H17NO2/c1-11(10-18-2)16-15(17)14-8-7-12-5-3-4-6-13(12)9-14/h3-9,11H,10H2,1-2H3,(H,16,17)/t11-/m1/s1. The van der Waals surface area contributed by atoms with Gasteiger partial charge in [0.05, 0.1) is 6.61 Å². The number of methoxy groups -OCH3 is 1. The molecule has 0 aliphatic carbocycles. The van der Waals surface area contributed by atoms with Gasteiger partial charge in [-0.25, -0.2) is 0 Å². The van der Waals surface area contributed by atoms with Crippen LogP contribution in [0.25, 0.3) is 10.8 Å². The molecule has 0 unspecified atom stereocenters. The van der Waals surface area contributed by atoms with Crippen LogP contribution in [0.5, 0.6) is 0 Å². The van der Waals surface area contributed by atoms with E-state index in [4.69, 9.17) is 4.74 Å². The molecular formula is C15H17NO2. The lowest BCUT2D eigenvalue weighted by molar-refractivity contribution is 0.0905. The van der Waals surface area contributed by atoms with Crippen molar-refractivity contribution in [2.24, 2.45) is 0 Å². The first-order chi connectivity index (χ1) is 8.70. The van der Waals surface area contributed by atoms with E-state index in [1.165, 1.54) is 0 Å². The maximum atomic E-state index is 12.0. The van der Waals surface area contributed by atoms with Gasteiger partial charge in [0.1, 0.15) is 0 Å². The van der Waals surface area contributed by atoms with Crippen molar-refractivity contribution in [1.29, 1.82) is 0 Å². The molecule has 3 heteroatoms. The molecule has 2 aromatic rings. The fraction of sp³-hybridized carbons (Fsp3) is 0.267. The van der Waals surface area contributed by atoms with E-state index in [1.807, 2.05) is 49.4 Å². The molecule has 0 aliphatic heterocycles. The summed E-state index contributed by atoms with van der Waals surface area (Å²) in [6.45, 7) is 2.43. The minimum Gasteiger partial charge on any atom is -0.383 e. The summed E-state index contributed by atoms with van der Waals surface area (Å²) in [6.07, 6.45) is 0. The smallest absolute Gasteiger partial charge is 0.251 e. The molecule has 94 valence electrons. The molecule has 2 rings (SSSR count). The van der Waals surface area contributed by atoms with E-state index < -0.39 is 0 Å². The van der Waals surface area contributed by atoms with Crippen LogP contribution in [0.4, 0.5) is 0 Å². The Balaban J connectivity index is 2.17. The third kappa shape index (κ3) is 2.87. The number of benzene rings is 2. The molecule has 0 heterocycles. The Kier molecular flexibility index (Phi) is 3.95. The highest BCUT2D eigenvalue weighted by Crippen LogP contribution is 2.15. The quantitative estimate of drug-likeness (QED) is 0.896. The number of ether oxygens (including phenoxy) is 1. The van der Waals surface area contributed by atoms with Crippen molar-refractivity contribution in [3.63, 3.8) is 0 Å². The normalized spacial score (nSPS) is 12.3. The van der Waals surface area contributed by atoms with Crippen molar-refractivity contribution in [2.45, 2.75) is 13.0 Å². The lowest BCUT2D eigenvalue weighted by Crippen LogP contribution is -2.35. The highest BCUT2D eigenvalue weighted by molar-refractivity contribution is 5.98. The monoisotopic (exact) mass is 243 g/mol. The first-order valence-corrected chi connectivity index (χ1v) is 5.99. The van der Waals surface area contributed by atoms with Crippen molar-refractivity contribution in [1.82, 2.24) is 5.32 Å². The average Bonchev–Trinajstić information content (AvgIpc) is 2.38. The molecular weight excluding hydrogens is 226 g/mol. The van der Waals surface area contributed by atoms with Gasteiger partial charge in [-0.1, -0.05) is 30.3 Å². The molecule has 0 fully saturated rings. The Morgan fingerprint density at radius 2 is 1.94 bits per heavy atom. The Morgan fingerprint density at radius 3 is 2.67 bits per heavy atom. The van der Waals surface area contributed by atoms with Gasteiger partial charge >= 0.3 is 0 Å². The van der Waals surface area contributed by atoms with Crippen molar-refractivity contribution in [3.8, 4) is 0 Å². The topological polar surface area (TPSA) is 38.3 Å². The Morgan fingerprint density at radius 1 is 1.22 bits per heavy atom. The molecule has 3 nitrogen and oxygen atoms in total. The van der Waals surface area contributed by atoms with E-state index in [9.17, 15) is 4.79 Å². The van der Waals surface area contributed by atoms with E-state index >= 15 is 0 Å². The zero-order valence-corrected chi connectivity index (χ0v) is 10.6. The number of hydrogen-bond acceptors (Lipinski definition) is 2. The second-order valence-corrected chi connectivity index (χ2v) is 4.39. The second-order valence-electron chi connectivity index (χ2n) is 4.39. The molecule has 0 bridgehead atoms. The van der Waals surface area contributed by atoms with Crippen LogP contribution in [0.1, 0.15) is 17.3 Å². The number of carbonyl (C=O) groups is 1. The van der Waals surface area contributed by atoms with E-state index in [-0.39, 0.29) is 11.9 Å². The van der Waals surface area contributed by atoms with Gasteiger partial charge in [0, 0.05) is 18.7 Å². The number of carbonyl (C=O) groups excluding carboxylic acids is 1. The van der Waals surface area contributed by atoms with Crippen LogP contribution in [0.15, 0.2) is 42.5 Å². The van der Waals surface area contributed by atoms with Crippen molar-refractivity contribution in [3.05, 3.63) is 48.0 Å². The van der Waals surface area contributed by atoms with Gasteiger partial charge in [0.2, 0.25) is 0 Å². The summed E-state index contributed by atoms with van der Waals surface area (Å²) in [5, 5.41) is 5.11. The third-order valence-corrected chi connectivity index (χ3v) is 2.81. The predicted octanol–water partition coefficient (Wildman–Crippen LogP) is 2.60. The van der Waals surface area contributed by atoms with Gasteiger partial charge in [0.15, 0.2) is 0 Å². The molecule has 1 amide bonds. The van der Waals surface area contributed by atoms with Gasteiger partial charge in [-0.3, -0.25) is 4.79 Å². The number of nitrogens with one attached hydrogen (secondary N) is 1. The lowest BCUT2D eigenvalue weighted by Gasteiger charge is -2.12. The predicted molar refractivity (Wildman–Crippen MR) is 72.8 cm³/mol. The van der Waals surface area contributed by atoms with Crippen LogP contribution < -0.4 is 5.32 Å². The number of fused-ring (bicyclic) bond motifs is 1. The van der Waals surface area contributed by atoms with Crippen molar-refractivity contribution >= 4 is 16.7 Å². The summed E-state index contributed by atoms with van der Waals surface area (Å²) in [5.74, 6) is -0.0645. The van der Waals surface area contributed by atoms with Gasteiger partial charge in [-0.15, -0.1) is 0 Å². The first kappa shape index (κ1) is 12.6. The summed E-state index contributed by atoms with van der Waals surface area (Å²) >= 11 is 0. The SMILES string of the molecule is COC[C@@H](C)NC(=O)c1ccc2ccccc2c1. The molecule has 0 saturated heterocycles. The summed E-state index contributed by atoms with van der Waals surface area (Å²) in [7, 11) is 1.62. The average molecular weight is 243 g/mol. The second kappa shape index (κ2) is 5.65. The summed E-state index contributed by atoms with van der Waals surface area (Å²) in [5.41, 5.74) is 0.677. The highest BCUT2D eigenvalue weighted by Gasteiger charge is 2.09. The molecule has 0 aromatic heterocycles. The maximum Gasteiger partial charge on any atom is 0.251 e. The van der Waals surface area contributed by atoms with E-state index in [0.29, 0.717) is 12.2 Å². The van der Waals surface area contributed by atoms with Crippen LogP contribution in [0.2, 0.25) is 0 Å². The summed E-state index contributed by atoms with van der Waals surface area (Å²) in [4.78, 5) is 12.0. The molecule has 2 aromatic carbocycles. The maximum absolute atomic E-state index is 12.0. The molecule has 0 spiro atoms. The molecule has 0 saturated carbocycles. The van der Waals surface area contributed by atoms with Crippen LogP contribution in [0.3, 0.4) is 0 Å². The van der Waals surface area contributed by atoms with Crippen LogP contribution in [-0.4, -0.2) is 25.7 Å². The van der Waals surface area contributed by atoms with Gasteiger partial charge < -0.3 is 10.1 Å². The van der Waals surface area contributed by atoms with Crippen molar-refractivity contribution < 1.29 is 9.53 Å². The molecule has 18 heavy (non-hydrogen) atoms. The lowest BCUT2D eigenvalue weighted by atomic mass is 10.1. The fourth-order valence-corrected chi connectivity index (χ4v) is 1.93. The minimum atomic E-state index is -0.0645. The third-order valence-electron chi connectivity index (χ3n) is 2.81. The zero-order valence-electron chi connectivity index (χ0n) is 10.6. The number of hydrogen-bond donors (Lipinski definition) is 1. The van der Waals surface area contributed by atoms with E-state index in [1.54, 1.807) is 7.11 Å². The van der Waals surface area contributed by atoms with Crippen LogP contribution in [0, 0.1) is 0 Å². The largest absolute Gasteiger partial charge is 0.383 e. The van der Waals surface area contributed by atoms with Gasteiger partial charge in [-0.2, -0.15) is 0 Å². The first-order valence-electron chi connectivity index (χ1n) is 5.99. The summed E-state index contributed by atoms with van der Waals surface area (Å²) in [6, 6.07) is 13.7. The van der Waals surface area contributed by atoms with Crippen LogP contribution in [-0.2, 0) is 4.74 Å². The number of rotatable bonds is 4. The molecule has 1 N–H and O–H groups in total. The molecule has 1 atom stereocenters. The van der Waals surface area contributed by atoms with E-state index in [0.717, 1.165) is 10.8 Å². The Bertz CT molecular complexity index is 551. The highest BCUT2D eigenvalue weighted by atomic mass is 16.5. The minimum absolute atomic E-state index is 0.00831. The molecule has 0 aliphatic rings. The Labute approximate surface area is 107 Å². The van der Waals surface area contributed by atoms with Gasteiger partial charge in [0.25, 0.3) is 5.91 Å². The van der Waals surface area contributed by atoms with Crippen LogP contribution >= 0.6 is 0 Å².